The first-order valence-electron chi connectivity index (χ1n) is 8.82. The largest absolute Gasteiger partial charge is 0.378 e. The fourth-order valence-corrected chi connectivity index (χ4v) is 3.30. The van der Waals surface area contributed by atoms with Gasteiger partial charge in [-0.05, 0) is 38.5 Å². The van der Waals surface area contributed by atoms with Crippen LogP contribution in [0.2, 0.25) is 0 Å². The highest BCUT2D eigenvalue weighted by molar-refractivity contribution is 5.95. The van der Waals surface area contributed by atoms with Gasteiger partial charge in [0.05, 0.1) is 18.8 Å². The van der Waals surface area contributed by atoms with Gasteiger partial charge >= 0.3 is 0 Å². The molecule has 134 valence electrons. The topological polar surface area (TPSA) is 59.4 Å². The molecule has 6 heteroatoms. The first-order chi connectivity index (χ1) is 12.1. The Bertz CT molecular complexity index is 731. The van der Waals surface area contributed by atoms with Crippen LogP contribution in [0.1, 0.15) is 34.2 Å². The number of nitrogens with one attached hydrogen (secondary N) is 1. The van der Waals surface area contributed by atoms with E-state index in [0.717, 1.165) is 61.2 Å². The normalized spacial score (nSPS) is 14.6. The van der Waals surface area contributed by atoms with Crippen LogP contribution in [0.4, 0.5) is 5.82 Å². The minimum Gasteiger partial charge on any atom is -0.378 e. The lowest BCUT2D eigenvalue weighted by Gasteiger charge is -2.27. The fourth-order valence-electron chi connectivity index (χ4n) is 3.30. The van der Waals surface area contributed by atoms with Crippen molar-refractivity contribution in [1.29, 1.82) is 0 Å². The Hall–Kier alpha value is -2.34. The molecule has 0 saturated carbocycles. The summed E-state index contributed by atoms with van der Waals surface area (Å²) in [6.07, 6.45) is 1.83. The van der Waals surface area contributed by atoms with Crippen molar-refractivity contribution in [3.63, 3.8) is 0 Å². The molecule has 1 saturated heterocycles. The van der Waals surface area contributed by atoms with Crippen molar-refractivity contribution >= 4 is 11.7 Å². The third kappa shape index (κ3) is 3.85. The first kappa shape index (κ1) is 17.5. The SMILES string of the molecule is CCn1c(C)cc(C(=O)NCc2ccc(N3CCOCC3)nc2)c1C. The number of aryl methyl sites for hydroxylation is 1. The van der Waals surface area contributed by atoms with Gasteiger partial charge in [0.15, 0.2) is 0 Å². The van der Waals surface area contributed by atoms with Crippen molar-refractivity contribution in [1.82, 2.24) is 14.9 Å². The van der Waals surface area contributed by atoms with Gasteiger partial charge in [-0.1, -0.05) is 6.07 Å². The summed E-state index contributed by atoms with van der Waals surface area (Å²) in [5.74, 6) is 0.926. The highest BCUT2D eigenvalue weighted by Crippen LogP contribution is 2.16. The van der Waals surface area contributed by atoms with Crippen LogP contribution in [0.15, 0.2) is 24.4 Å². The number of rotatable bonds is 5. The van der Waals surface area contributed by atoms with Crippen LogP contribution in [-0.4, -0.2) is 41.8 Å². The summed E-state index contributed by atoms with van der Waals surface area (Å²) in [5, 5.41) is 2.99. The van der Waals surface area contributed by atoms with Crippen LogP contribution < -0.4 is 10.2 Å². The number of hydrogen-bond donors (Lipinski definition) is 1. The van der Waals surface area contributed by atoms with E-state index in [0.29, 0.717) is 6.54 Å². The number of morpholine rings is 1. The van der Waals surface area contributed by atoms with E-state index in [4.69, 9.17) is 4.74 Å². The van der Waals surface area contributed by atoms with Crippen molar-refractivity contribution in [2.75, 3.05) is 31.2 Å². The summed E-state index contributed by atoms with van der Waals surface area (Å²) in [5.41, 5.74) is 3.87. The second kappa shape index (κ2) is 7.70. The average Bonchev–Trinajstić information content (AvgIpc) is 2.94. The summed E-state index contributed by atoms with van der Waals surface area (Å²) >= 11 is 0. The fraction of sp³-hybridized carbons (Fsp3) is 0.474. The van der Waals surface area contributed by atoms with Gasteiger partial charge in [-0.3, -0.25) is 4.79 Å². The van der Waals surface area contributed by atoms with Crippen LogP contribution in [0.25, 0.3) is 0 Å². The third-order valence-corrected chi connectivity index (χ3v) is 4.73. The summed E-state index contributed by atoms with van der Waals surface area (Å²) in [4.78, 5) is 19.2. The zero-order valence-electron chi connectivity index (χ0n) is 15.2. The third-order valence-electron chi connectivity index (χ3n) is 4.73. The number of aromatic nitrogens is 2. The number of pyridine rings is 1. The number of carbonyl (C=O) groups is 1. The van der Waals surface area contributed by atoms with Crippen LogP contribution in [0.5, 0.6) is 0 Å². The molecular formula is C19H26N4O2. The molecule has 1 N–H and O–H groups in total. The number of hydrogen-bond acceptors (Lipinski definition) is 4. The molecule has 2 aromatic heterocycles. The summed E-state index contributed by atoms with van der Waals surface area (Å²) in [6, 6.07) is 5.98. The molecule has 0 spiro atoms. The molecule has 0 aromatic carbocycles. The maximum atomic E-state index is 12.5. The van der Waals surface area contributed by atoms with Gasteiger partial charge in [-0.25, -0.2) is 4.98 Å². The molecule has 1 aliphatic heterocycles. The zero-order valence-corrected chi connectivity index (χ0v) is 15.2. The van der Waals surface area contributed by atoms with Gasteiger partial charge in [0.1, 0.15) is 5.82 Å². The predicted molar refractivity (Wildman–Crippen MR) is 98.0 cm³/mol. The van der Waals surface area contributed by atoms with Gasteiger partial charge in [0.2, 0.25) is 0 Å². The van der Waals surface area contributed by atoms with Crippen LogP contribution >= 0.6 is 0 Å². The molecule has 3 rings (SSSR count). The maximum Gasteiger partial charge on any atom is 0.253 e. The van der Waals surface area contributed by atoms with E-state index in [1.54, 1.807) is 0 Å². The summed E-state index contributed by atoms with van der Waals surface area (Å²) in [6.45, 7) is 10.7. The Kier molecular flexibility index (Phi) is 5.38. The van der Waals surface area contributed by atoms with E-state index in [1.165, 1.54) is 0 Å². The highest BCUT2D eigenvalue weighted by atomic mass is 16.5. The predicted octanol–water partition coefficient (Wildman–Crippen LogP) is 2.29. The first-order valence-corrected chi connectivity index (χ1v) is 8.82. The zero-order chi connectivity index (χ0) is 17.8. The molecule has 0 aliphatic carbocycles. The molecular weight excluding hydrogens is 316 g/mol. The van der Waals surface area contributed by atoms with Crippen molar-refractivity contribution < 1.29 is 9.53 Å². The molecule has 3 heterocycles. The Balaban J connectivity index is 1.60. The minimum atomic E-state index is -0.0370. The Labute approximate surface area is 148 Å². The molecule has 1 aliphatic rings. The van der Waals surface area contributed by atoms with Crippen molar-refractivity contribution in [3.8, 4) is 0 Å². The molecule has 0 atom stereocenters. The van der Waals surface area contributed by atoms with E-state index in [9.17, 15) is 4.79 Å². The molecule has 0 radical (unpaired) electrons. The monoisotopic (exact) mass is 342 g/mol. The number of carbonyl (C=O) groups excluding carboxylic acids is 1. The second-order valence-electron chi connectivity index (χ2n) is 6.34. The van der Waals surface area contributed by atoms with Gasteiger partial charge < -0.3 is 19.5 Å². The lowest BCUT2D eigenvalue weighted by molar-refractivity contribution is 0.0950. The minimum absolute atomic E-state index is 0.0370. The molecule has 1 fully saturated rings. The van der Waals surface area contributed by atoms with E-state index >= 15 is 0 Å². The van der Waals surface area contributed by atoms with E-state index in [1.807, 2.05) is 38.2 Å². The molecule has 0 bridgehead atoms. The summed E-state index contributed by atoms with van der Waals surface area (Å²) in [7, 11) is 0. The smallest absolute Gasteiger partial charge is 0.253 e. The Morgan fingerprint density at radius 2 is 2.04 bits per heavy atom. The van der Waals surface area contributed by atoms with E-state index in [-0.39, 0.29) is 5.91 Å². The van der Waals surface area contributed by atoms with Crippen LogP contribution in [0.3, 0.4) is 0 Å². The molecule has 6 nitrogen and oxygen atoms in total. The lowest BCUT2D eigenvalue weighted by Crippen LogP contribution is -2.36. The summed E-state index contributed by atoms with van der Waals surface area (Å²) < 4.78 is 7.51. The van der Waals surface area contributed by atoms with Crippen LogP contribution in [0, 0.1) is 13.8 Å². The van der Waals surface area contributed by atoms with Crippen LogP contribution in [-0.2, 0) is 17.8 Å². The Morgan fingerprint density at radius 1 is 1.28 bits per heavy atom. The Morgan fingerprint density at radius 3 is 2.64 bits per heavy atom. The lowest BCUT2D eigenvalue weighted by atomic mass is 10.2. The average molecular weight is 342 g/mol. The molecule has 1 amide bonds. The number of amides is 1. The standard InChI is InChI=1S/C19H26N4O2/c1-4-23-14(2)11-17(15(23)3)19(24)21-13-16-5-6-18(20-12-16)22-7-9-25-10-8-22/h5-6,11-12H,4,7-10,13H2,1-3H3,(H,21,24). The van der Waals surface area contributed by atoms with E-state index < -0.39 is 0 Å². The van der Waals surface area contributed by atoms with Gasteiger partial charge in [-0.15, -0.1) is 0 Å². The van der Waals surface area contributed by atoms with Crippen molar-refractivity contribution in [2.45, 2.75) is 33.9 Å². The van der Waals surface area contributed by atoms with E-state index in [2.05, 4.69) is 26.7 Å². The number of ether oxygens (including phenoxy) is 1. The molecule has 0 unspecified atom stereocenters. The quantitative estimate of drug-likeness (QED) is 0.906. The number of anilines is 1. The van der Waals surface area contributed by atoms with Crippen molar-refractivity contribution in [3.05, 3.63) is 46.9 Å². The van der Waals surface area contributed by atoms with Crippen molar-refractivity contribution in [2.24, 2.45) is 0 Å². The highest BCUT2D eigenvalue weighted by Gasteiger charge is 2.15. The van der Waals surface area contributed by atoms with Gasteiger partial charge in [0.25, 0.3) is 5.91 Å². The van der Waals surface area contributed by atoms with Gasteiger partial charge in [0, 0.05) is 43.8 Å². The number of nitrogens with zero attached hydrogens (tertiary/aromatic N) is 3. The van der Waals surface area contributed by atoms with Gasteiger partial charge in [-0.2, -0.15) is 0 Å². The maximum absolute atomic E-state index is 12.5. The molecule has 2 aromatic rings. The molecule has 25 heavy (non-hydrogen) atoms. The second-order valence-corrected chi connectivity index (χ2v) is 6.34.